The number of benzene rings is 1. The molecule has 0 saturated carbocycles. The molecule has 94 valence electrons. The maximum atomic E-state index is 5.59. The fourth-order valence-corrected chi connectivity index (χ4v) is 2.47. The van der Waals surface area contributed by atoms with Crippen LogP contribution in [0, 0.1) is 0 Å². The third kappa shape index (κ3) is 1.69. The quantitative estimate of drug-likeness (QED) is 0.876. The molecule has 0 bridgehead atoms. The van der Waals surface area contributed by atoms with Gasteiger partial charge in [0.2, 0.25) is 0 Å². The lowest BCUT2D eigenvalue weighted by Crippen LogP contribution is -2.25. The third-order valence-electron chi connectivity index (χ3n) is 3.37. The number of rotatable bonds is 2. The summed E-state index contributed by atoms with van der Waals surface area (Å²) in [5.74, 6) is 1.74. The minimum Gasteiger partial charge on any atom is -0.497 e. The molecule has 0 amide bonds. The van der Waals surface area contributed by atoms with E-state index in [-0.39, 0.29) is 0 Å². The van der Waals surface area contributed by atoms with E-state index in [1.807, 2.05) is 18.2 Å². The number of methoxy groups -OCH3 is 2. The maximum Gasteiger partial charge on any atom is 0.134 e. The first-order chi connectivity index (χ1) is 8.83. The predicted molar refractivity (Wildman–Crippen MR) is 70.3 cm³/mol. The van der Waals surface area contributed by atoms with Crippen molar-refractivity contribution in [1.82, 2.24) is 10.3 Å². The van der Waals surface area contributed by atoms with Crippen molar-refractivity contribution in [2.24, 2.45) is 0 Å². The minimum atomic E-state index is 0.818. The Kier molecular flexibility index (Phi) is 2.80. The highest BCUT2D eigenvalue weighted by atomic mass is 16.5. The zero-order chi connectivity index (χ0) is 12.5. The van der Waals surface area contributed by atoms with E-state index in [2.05, 4.69) is 5.32 Å². The molecule has 0 spiro atoms. The number of aromatic nitrogens is 1. The molecule has 1 aliphatic heterocycles. The maximum absolute atomic E-state index is 5.59. The molecule has 4 nitrogen and oxygen atoms in total. The van der Waals surface area contributed by atoms with Crippen LogP contribution in [0.1, 0.15) is 11.3 Å². The number of nitrogens with one attached hydrogen (secondary N) is 1. The number of fused-ring (bicyclic) bond motifs is 2. The number of hydrogen-bond acceptors (Lipinski definition) is 4. The average Bonchev–Trinajstić information content (AvgIpc) is 2.44. The van der Waals surface area contributed by atoms with E-state index in [0.717, 1.165) is 47.6 Å². The highest BCUT2D eigenvalue weighted by Crippen LogP contribution is 2.34. The van der Waals surface area contributed by atoms with Crippen LogP contribution in [0.3, 0.4) is 0 Å². The summed E-state index contributed by atoms with van der Waals surface area (Å²) in [6.45, 7) is 1.80. The molecule has 0 atom stereocenters. The van der Waals surface area contributed by atoms with Crippen molar-refractivity contribution in [1.29, 1.82) is 0 Å². The van der Waals surface area contributed by atoms with Crippen LogP contribution >= 0.6 is 0 Å². The largest absolute Gasteiger partial charge is 0.497 e. The van der Waals surface area contributed by atoms with Gasteiger partial charge in [0.25, 0.3) is 0 Å². The van der Waals surface area contributed by atoms with Crippen LogP contribution in [0.2, 0.25) is 0 Å². The van der Waals surface area contributed by atoms with Gasteiger partial charge in [-0.1, -0.05) is 0 Å². The number of nitrogens with zero attached hydrogens (tertiary/aromatic N) is 1. The van der Waals surface area contributed by atoms with Gasteiger partial charge in [0.05, 0.1) is 25.4 Å². The summed E-state index contributed by atoms with van der Waals surface area (Å²) in [6, 6.07) is 5.90. The lowest BCUT2D eigenvalue weighted by Gasteiger charge is -2.20. The fraction of sp³-hybridized carbons (Fsp3) is 0.357. The second-order valence-electron chi connectivity index (χ2n) is 4.38. The van der Waals surface area contributed by atoms with Crippen LogP contribution in [-0.2, 0) is 13.0 Å². The van der Waals surface area contributed by atoms with Crippen LogP contribution in [0.4, 0.5) is 0 Å². The van der Waals surface area contributed by atoms with Crippen molar-refractivity contribution >= 4 is 10.9 Å². The van der Waals surface area contributed by atoms with Crippen molar-refractivity contribution in [3.05, 3.63) is 29.5 Å². The summed E-state index contributed by atoms with van der Waals surface area (Å²) in [5, 5.41) is 4.37. The van der Waals surface area contributed by atoms with Gasteiger partial charge < -0.3 is 14.8 Å². The van der Waals surface area contributed by atoms with E-state index < -0.39 is 0 Å². The first-order valence-corrected chi connectivity index (χ1v) is 6.07. The Hall–Kier alpha value is -1.81. The average molecular weight is 244 g/mol. The van der Waals surface area contributed by atoms with E-state index in [1.165, 1.54) is 5.56 Å². The Balaban J connectivity index is 2.30. The van der Waals surface area contributed by atoms with Crippen LogP contribution in [0.5, 0.6) is 11.5 Å². The minimum absolute atomic E-state index is 0.818. The van der Waals surface area contributed by atoms with Gasteiger partial charge in [-0.25, -0.2) is 0 Å². The van der Waals surface area contributed by atoms with Crippen molar-refractivity contribution in [3.63, 3.8) is 0 Å². The molecule has 18 heavy (non-hydrogen) atoms. The fourth-order valence-electron chi connectivity index (χ4n) is 2.47. The van der Waals surface area contributed by atoms with Gasteiger partial charge in [-0.2, -0.15) is 0 Å². The first kappa shape index (κ1) is 11.3. The normalized spacial score (nSPS) is 14.3. The van der Waals surface area contributed by atoms with E-state index in [9.17, 15) is 0 Å². The van der Waals surface area contributed by atoms with Crippen LogP contribution in [0.25, 0.3) is 10.9 Å². The molecule has 1 aliphatic rings. The standard InChI is InChI=1S/C14H16N2O2/c1-17-9-3-4-12-10(7-9)14(18-2)11-8-15-6-5-13(11)16-12/h3-4,7,15H,5-6,8H2,1-2H3. The molecular weight excluding hydrogens is 228 g/mol. The van der Waals surface area contributed by atoms with Crippen LogP contribution in [-0.4, -0.2) is 25.7 Å². The number of hydrogen-bond donors (Lipinski definition) is 1. The number of ether oxygens (including phenoxy) is 2. The van der Waals surface area contributed by atoms with Gasteiger partial charge in [0.15, 0.2) is 0 Å². The van der Waals surface area contributed by atoms with Crippen LogP contribution < -0.4 is 14.8 Å². The molecule has 2 heterocycles. The number of pyridine rings is 1. The van der Waals surface area contributed by atoms with Gasteiger partial charge in [-0.15, -0.1) is 0 Å². The zero-order valence-corrected chi connectivity index (χ0v) is 10.6. The molecule has 0 radical (unpaired) electrons. The molecule has 1 N–H and O–H groups in total. The van der Waals surface area contributed by atoms with E-state index >= 15 is 0 Å². The summed E-state index contributed by atoms with van der Waals surface area (Å²) in [6.07, 6.45) is 0.952. The highest BCUT2D eigenvalue weighted by Gasteiger charge is 2.18. The Morgan fingerprint density at radius 3 is 2.89 bits per heavy atom. The van der Waals surface area contributed by atoms with Crippen molar-refractivity contribution in [2.45, 2.75) is 13.0 Å². The summed E-state index contributed by atoms with van der Waals surface area (Å²) in [7, 11) is 3.38. The Morgan fingerprint density at radius 1 is 1.22 bits per heavy atom. The molecule has 3 rings (SSSR count). The van der Waals surface area contributed by atoms with Gasteiger partial charge >= 0.3 is 0 Å². The van der Waals surface area contributed by atoms with E-state index in [0.29, 0.717) is 0 Å². The SMILES string of the molecule is COc1ccc2nc3c(c(OC)c2c1)CNCC3. The monoisotopic (exact) mass is 244 g/mol. The van der Waals surface area contributed by atoms with Gasteiger partial charge in [0, 0.05) is 30.5 Å². The molecule has 0 saturated heterocycles. The second kappa shape index (κ2) is 4.46. The summed E-state index contributed by atoms with van der Waals surface area (Å²) in [4.78, 5) is 4.72. The van der Waals surface area contributed by atoms with Crippen molar-refractivity contribution in [3.8, 4) is 11.5 Å². The molecule has 0 fully saturated rings. The smallest absolute Gasteiger partial charge is 0.134 e. The molecular formula is C14H16N2O2. The van der Waals surface area contributed by atoms with Gasteiger partial charge in [0.1, 0.15) is 11.5 Å². The predicted octanol–water partition coefficient (Wildman–Crippen LogP) is 1.90. The first-order valence-electron chi connectivity index (χ1n) is 6.07. The molecule has 0 unspecified atom stereocenters. The molecule has 1 aromatic heterocycles. The molecule has 0 aliphatic carbocycles. The van der Waals surface area contributed by atoms with Crippen molar-refractivity contribution < 1.29 is 9.47 Å². The summed E-state index contributed by atoms with van der Waals surface area (Å²) in [5.41, 5.74) is 3.28. The summed E-state index contributed by atoms with van der Waals surface area (Å²) >= 11 is 0. The van der Waals surface area contributed by atoms with Crippen molar-refractivity contribution in [2.75, 3.05) is 20.8 Å². The molecule has 4 heteroatoms. The summed E-state index contributed by atoms with van der Waals surface area (Å²) < 4.78 is 10.9. The zero-order valence-electron chi connectivity index (χ0n) is 10.6. The molecule has 2 aromatic rings. The lowest BCUT2D eigenvalue weighted by molar-refractivity contribution is 0.406. The second-order valence-corrected chi connectivity index (χ2v) is 4.38. The lowest BCUT2D eigenvalue weighted by atomic mass is 10.0. The van der Waals surface area contributed by atoms with E-state index in [1.54, 1.807) is 14.2 Å². The molecule has 1 aromatic carbocycles. The Morgan fingerprint density at radius 2 is 2.11 bits per heavy atom. The topological polar surface area (TPSA) is 43.4 Å². The Labute approximate surface area is 106 Å². The van der Waals surface area contributed by atoms with Gasteiger partial charge in [-0.3, -0.25) is 4.98 Å². The Bertz CT molecular complexity index is 596. The third-order valence-corrected chi connectivity index (χ3v) is 3.37. The van der Waals surface area contributed by atoms with E-state index in [4.69, 9.17) is 14.5 Å². The van der Waals surface area contributed by atoms with Crippen LogP contribution in [0.15, 0.2) is 18.2 Å². The highest BCUT2D eigenvalue weighted by molar-refractivity contribution is 5.88. The van der Waals surface area contributed by atoms with Gasteiger partial charge in [-0.05, 0) is 18.2 Å².